The second-order valence-electron chi connectivity index (χ2n) is 3.85. The summed E-state index contributed by atoms with van der Waals surface area (Å²) in [5, 5.41) is 0. The van der Waals surface area contributed by atoms with Crippen LogP contribution < -0.4 is 5.56 Å². The summed E-state index contributed by atoms with van der Waals surface area (Å²) in [6, 6.07) is 0. The Kier molecular flexibility index (Phi) is 3.26. The van der Waals surface area contributed by atoms with Gasteiger partial charge in [-0.3, -0.25) is 4.79 Å². The summed E-state index contributed by atoms with van der Waals surface area (Å²) in [4.78, 5) is 14.2. The van der Waals surface area contributed by atoms with E-state index >= 15 is 0 Å². The van der Waals surface area contributed by atoms with Crippen LogP contribution >= 0.6 is 22.6 Å². The highest BCUT2D eigenvalue weighted by molar-refractivity contribution is 14.1. The van der Waals surface area contributed by atoms with E-state index in [0.29, 0.717) is 0 Å². The van der Waals surface area contributed by atoms with Crippen LogP contribution in [0.5, 0.6) is 0 Å². The van der Waals surface area contributed by atoms with Gasteiger partial charge in [-0.05, 0) is 59.4 Å². The number of nitrogens with one attached hydrogen (secondary N) is 1. The first-order chi connectivity index (χ1) is 6.79. The number of pyridine rings is 1. The van der Waals surface area contributed by atoms with Crippen LogP contribution in [-0.4, -0.2) is 4.98 Å². The van der Waals surface area contributed by atoms with Gasteiger partial charge in [0, 0.05) is 6.20 Å². The molecule has 0 aliphatic heterocycles. The average Bonchev–Trinajstić information content (AvgIpc) is 2.13. The second-order valence-corrected chi connectivity index (χ2v) is 4.93. The maximum Gasteiger partial charge on any atom is 0.261 e. The van der Waals surface area contributed by atoms with E-state index in [4.69, 9.17) is 0 Å². The molecule has 0 unspecified atom stereocenters. The van der Waals surface area contributed by atoms with E-state index in [-0.39, 0.29) is 5.56 Å². The van der Waals surface area contributed by atoms with Gasteiger partial charge in [0.1, 0.15) is 0 Å². The van der Waals surface area contributed by atoms with Crippen LogP contribution in [0.3, 0.4) is 0 Å². The van der Waals surface area contributed by atoms with E-state index in [2.05, 4.69) is 27.6 Å². The third-order valence-corrected chi connectivity index (χ3v) is 3.99. The maximum atomic E-state index is 11.4. The Bertz CT molecular complexity index is 383. The van der Waals surface area contributed by atoms with E-state index in [1.807, 2.05) is 6.20 Å². The van der Waals surface area contributed by atoms with Gasteiger partial charge in [-0.1, -0.05) is 12.8 Å². The van der Waals surface area contributed by atoms with E-state index < -0.39 is 0 Å². The molecule has 0 amide bonds. The molecule has 1 aromatic rings. The molecule has 14 heavy (non-hydrogen) atoms. The van der Waals surface area contributed by atoms with Crippen molar-refractivity contribution in [1.29, 1.82) is 0 Å². The van der Waals surface area contributed by atoms with Gasteiger partial charge in [-0.2, -0.15) is 0 Å². The Morgan fingerprint density at radius 3 is 2.64 bits per heavy atom. The molecule has 1 N–H and O–H groups in total. The van der Waals surface area contributed by atoms with Gasteiger partial charge in [0.2, 0.25) is 0 Å². The van der Waals surface area contributed by atoms with Gasteiger partial charge in [0.25, 0.3) is 5.56 Å². The lowest BCUT2D eigenvalue weighted by atomic mass is 9.95. The Balaban J connectivity index is 2.44. The molecule has 0 fully saturated rings. The molecule has 1 aliphatic carbocycles. The lowest BCUT2D eigenvalue weighted by Gasteiger charge is -2.14. The fourth-order valence-corrected chi connectivity index (χ4v) is 2.82. The predicted molar refractivity (Wildman–Crippen MR) is 65.7 cm³/mol. The smallest absolute Gasteiger partial charge is 0.261 e. The largest absolute Gasteiger partial charge is 0.328 e. The minimum absolute atomic E-state index is 0.0740. The van der Waals surface area contributed by atoms with E-state index in [0.717, 1.165) is 16.4 Å². The highest BCUT2D eigenvalue weighted by Crippen LogP contribution is 2.21. The van der Waals surface area contributed by atoms with Crippen LogP contribution in [0.2, 0.25) is 0 Å². The highest BCUT2D eigenvalue weighted by atomic mass is 127. The topological polar surface area (TPSA) is 32.9 Å². The lowest BCUT2D eigenvalue weighted by Crippen LogP contribution is -2.15. The van der Waals surface area contributed by atoms with E-state index in [1.165, 1.54) is 36.8 Å². The molecule has 1 heterocycles. The van der Waals surface area contributed by atoms with Gasteiger partial charge >= 0.3 is 0 Å². The summed E-state index contributed by atoms with van der Waals surface area (Å²) >= 11 is 2.17. The molecule has 3 heteroatoms. The molecule has 0 saturated heterocycles. The molecule has 2 nitrogen and oxygen atoms in total. The molecule has 0 saturated carbocycles. The molecule has 2 rings (SSSR count). The van der Waals surface area contributed by atoms with Crippen molar-refractivity contribution in [3.8, 4) is 0 Å². The SMILES string of the molecule is O=c1[nH]cc2c(c1I)CCCCCC2. The first kappa shape index (κ1) is 10.2. The molecule has 0 atom stereocenters. The average molecular weight is 303 g/mol. The fourth-order valence-electron chi connectivity index (χ4n) is 2.05. The Morgan fingerprint density at radius 2 is 1.86 bits per heavy atom. The van der Waals surface area contributed by atoms with E-state index in [1.54, 1.807) is 0 Å². The zero-order valence-corrected chi connectivity index (χ0v) is 10.3. The van der Waals surface area contributed by atoms with Crippen molar-refractivity contribution < 1.29 is 0 Å². The normalized spacial score (nSPS) is 16.9. The maximum absolute atomic E-state index is 11.4. The van der Waals surface area contributed by atoms with Gasteiger partial charge in [-0.25, -0.2) is 0 Å². The van der Waals surface area contributed by atoms with Crippen LogP contribution in [0.1, 0.15) is 36.8 Å². The highest BCUT2D eigenvalue weighted by Gasteiger charge is 2.11. The number of halogens is 1. The molecule has 0 aromatic carbocycles. The number of fused-ring (bicyclic) bond motifs is 1. The monoisotopic (exact) mass is 303 g/mol. The van der Waals surface area contributed by atoms with Crippen LogP contribution in [0.4, 0.5) is 0 Å². The first-order valence-corrected chi connectivity index (χ1v) is 6.26. The number of aromatic nitrogens is 1. The molecule has 1 aromatic heterocycles. The Labute approximate surface area is 97.3 Å². The number of hydrogen-bond donors (Lipinski definition) is 1. The van der Waals surface area contributed by atoms with Gasteiger partial charge in [0.05, 0.1) is 3.57 Å². The van der Waals surface area contributed by atoms with Crippen molar-refractivity contribution in [1.82, 2.24) is 4.98 Å². The quantitative estimate of drug-likeness (QED) is 0.734. The van der Waals surface area contributed by atoms with Crippen LogP contribution in [0.15, 0.2) is 11.0 Å². The first-order valence-electron chi connectivity index (χ1n) is 5.18. The number of aryl methyl sites for hydroxylation is 1. The van der Waals surface area contributed by atoms with Crippen molar-refractivity contribution in [2.24, 2.45) is 0 Å². The van der Waals surface area contributed by atoms with Crippen molar-refractivity contribution in [3.63, 3.8) is 0 Å². The number of aromatic amines is 1. The van der Waals surface area contributed by atoms with Crippen LogP contribution in [0.25, 0.3) is 0 Å². The second kappa shape index (κ2) is 4.47. The molecule has 1 aliphatic rings. The molecule has 0 radical (unpaired) electrons. The van der Waals surface area contributed by atoms with Crippen molar-refractivity contribution >= 4 is 22.6 Å². The summed E-state index contributed by atoms with van der Waals surface area (Å²) in [6.07, 6.45) is 9.24. The molecular weight excluding hydrogens is 289 g/mol. The third-order valence-electron chi connectivity index (χ3n) is 2.85. The lowest BCUT2D eigenvalue weighted by molar-refractivity contribution is 0.613. The number of hydrogen-bond acceptors (Lipinski definition) is 1. The molecular formula is C11H14INO. The van der Waals surface area contributed by atoms with Crippen LogP contribution in [-0.2, 0) is 12.8 Å². The fraction of sp³-hybridized carbons (Fsp3) is 0.545. The summed E-state index contributed by atoms with van der Waals surface area (Å²) < 4.78 is 0.905. The van der Waals surface area contributed by atoms with Crippen molar-refractivity contribution in [3.05, 3.63) is 31.2 Å². The van der Waals surface area contributed by atoms with Gasteiger partial charge in [0.15, 0.2) is 0 Å². The van der Waals surface area contributed by atoms with Crippen molar-refractivity contribution in [2.75, 3.05) is 0 Å². The third kappa shape index (κ3) is 2.02. The van der Waals surface area contributed by atoms with Crippen LogP contribution in [0, 0.1) is 3.57 Å². The van der Waals surface area contributed by atoms with Gasteiger partial charge < -0.3 is 4.98 Å². The standard InChI is InChI=1S/C11H14INO/c12-10-9-6-4-2-1-3-5-8(9)7-13-11(10)14/h7H,1-6H2,(H,13,14). The Hall–Kier alpha value is -0.320. The molecule has 76 valence electrons. The minimum Gasteiger partial charge on any atom is -0.328 e. The molecule has 0 bridgehead atoms. The summed E-state index contributed by atoms with van der Waals surface area (Å²) in [6.45, 7) is 0. The number of rotatable bonds is 0. The zero-order valence-electron chi connectivity index (χ0n) is 8.11. The molecule has 0 spiro atoms. The van der Waals surface area contributed by atoms with Crippen molar-refractivity contribution in [2.45, 2.75) is 38.5 Å². The summed E-state index contributed by atoms with van der Waals surface area (Å²) in [5.74, 6) is 0. The zero-order chi connectivity index (χ0) is 9.97. The van der Waals surface area contributed by atoms with Gasteiger partial charge in [-0.15, -0.1) is 0 Å². The number of H-pyrrole nitrogens is 1. The predicted octanol–water partition coefficient (Wildman–Crippen LogP) is 2.64. The van der Waals surface area contributed by atoms with E-state index in [9.17, 15) is 4.79 Å². The Morgan fingerprint density at radius 1 is 1.14 bits per heavy atom. The minimum atomic E-state index is 0.0740. The summed E-state index contributed by atoms with van der Waals surface area (Å²) in [7, 11) is 0. The summed E-state index contributed by atoms with van der Waals surface area (Å²) in [5.41, 5.74) is 2.73.